The van der Waals surface area contributed by atoms with Crippen LogP contribution in [0, 0.1) is 0 Å². The van der Waals surface area contributed by atoms with Crippen LogP contribution in [0.15, 0.2) is 0 Å². The molecule has 0 bridgehead atoms. The van der Waals surface area contributed by atoms with Gasteiger partial charge in [-0.15, -0.1) is 0 Å². The van der Waals surface area contributed by atoms with Crippen LogP contribution in [0.1, 0.15) is 6.92 Å². The molecule has 0 aromatic rings. The third-order valence-corrected chi connectivity index (χ3v) is 12.7. The van der Waals surface area contributed by atoms with E-state index in [2.05, 4.69) is 5.32 Å². The van der Waals surface area contributed by atoms with Gasteiger partial charge in [-0.25, -0.2) is 0 Å². The average molecular weight is 1050 g/mol. The van der Waals surface area contributed by atoms with Gasteiger partial charge in [-0.1, -0.05) is 0 Å². The van der Waals surface area contributed by atoms with Gasteiger partial charge in [-0.05, 0) is 0 Å². The smallest absolute Gasteiger partial charge is 0.217 e. The number of hydrogen-bond donors (Lipinski definition) is 22. The van der Waals surface area contributed by atoms with Gasteiger partial charge in [-0.2, -0.15) is 0 Å². The number of nitrogens with one attached hydrogen (secondary N) is 1. The van der Waals surface area contributed by atoms with Crippen LogP contribution in [-0.4, -0.2) is 327 Å². The summed E-state index contributed by atoms with van der Waals surface area (Å²) in [5.74, 6) is -0.627. The number of rotatable bonds is 15. The van der Waals surface area contributed by atoms with Crippen molar-refractivity contribution >= 4 is 5.91 Å². The Morgan fingerprint density at radius 1 is 0.380 bits per heavy atom. The number of aliphatic hydroxyl groups is 19. The van der Waals surface area contributed by atoms with Crippen molar-refractivity contribution in [3.8, 4) is 0 Å². The monoisotopic (exact) mass is 1050 g/mol. The van der Waals surface area contributed by atoms with Gasteiger partial charge in [0.2, 0.25) is 5.91 Å². The zero-order chi connectivity index (χ0) is 52.9. The van der Waals surface area contributed by atoms with Gasteiger partial charge < -0.3 is 161 Å². The van der Waals surface area contributed by atoms with Crippen molar-refractivity contribution in [3.05, 3.63) is 0 Å². The van der Waals surface area contributed by atoms with Crippen molar-refractivity contribution in [2.24, 2.45) is 11.5 Å². The van der Waals surface area contributed by atoms with E-state index in [0.717, 1.165) is 6.92 Å². The maximum Gasteiger partial charge on any atom is 0.217 e. The summed E-state index contributed by atoms with van der Waals surface area (Å²) in [5, 5.41) is 192. The molecule has 1 amide bonds. The van der Waals surface area contributed by atoms with E-state index in [1.54, 1.807) is 0 Å². The van der Waals surface area contributed by atoms with E-state index in [0.29, 0.717) is 0 Å². The Bertz CT molecular complexity index is 1610. The van der Waals surface area contributed by atoms with Crippen LogP contribution in [-0.2, 0) is 52.2 Å². The number of nitrogens with two attached hydrogens (primary N) is 2. The minimum absolute atomic E-state index is 0.627. The lowest BCUT2D eigenvalue weighted by atomic mass is 9.94. The molecule has 6 aliphatic rings. The minimum atomic E-state index is -1.91. The lowest BCUT2D eigenvalue weighted by Gasteiger charge is -2.49. The van der Waals surface area contributed by atoms with Crippen LogP contribution >= 0.6 is 0 Å². The third kappa shape index (κ3) is 13.3. The Labute approximate surface area is 402 Å². The van der Waals surface area contributed by atoms with Crippen molar-refractivity contribution in [1.29, 1.82) is 0 Å². The Morgan fingerprint density at radius 3 is 1.23 bits per heavy atom. The molecule has 30 atom stereocenters. The summed E-state index contributed by atoms with van der Waals surface area (Å²) in [6.07, 6.45) is -42.8. The summed E-state index contributed by atoms with van der Waals surface area (Å²) in [6.45, 7) is -3.31. The highest BCUT2D eigenvalue weighted by molar-refractivity contribution is 5.73. The van der Waals surface area contributed by atoms with Crippen molar-refractivity contribution in [1.82, 2.24) is 5.32 Å². The molecule has 6 heterocycles. The molecule has 0 saturated carbocycles. The van der Waals surface area contributed by atoms with Gasteiger partial charge >= 0.3 is 0 Å². The summed E-state index contributed by atoms with van der Waals surface area (Å²) in [4.78, 5) is 11.9. The zero-order valence-corrected chi connectivity index (χ0v) is 37.7. The zero-order valence-electron chi connectivity index (χ0n) is 37.7. The van der Waals surface area contributed by atoms with Crippen LogP contribution in [0.3, 0.4) is 0 Å². The fourth-order valence-electron chi connectivity index (χ4n) is 8.60. The molecule has 33 heteroatoms. The number of hydrogen-bond acceptors (Lipinski definition) is 32. The molecule has 17 unspecified atom stereocenters. The molecular formula is C38H69N3O30. The van der Waals surface area contributed by atoms with Crippen molar-refractivity contribution in [2.45, 2.75) is 191 Å². The first-order valence-corrected chi connectivity index (χ1v) is 22.3. The lowest BCUT2D eigenvalue weighted by Crippen LogP contribution is -2.70. The van der Waals surface area contributed by atoms with Gasteiger partial charge in [0.25, 0.3) is 0 Å². The van der Waals surface area contributed by atoms with E-state index < -0.39 is 230 Å². The molecular weight excluding hydrogens is 978 g/mol. The molecule has 6 aliphatic heterocycles. The standard InChI is InChI=1S/C20H37N3O14.C18H32O16/c1-5(27)23-11-15(31)17(36-19-10(22)13(29)12(28)6(2-24)34-19)8(4-26)35-20(11)37-16-7(3-25)33-18(32)9(21)14(16)30;19-1-4-7(22)8(23)12(27)17(31-4)34-15-6(3-21)32-18(13(28)10(15)25)33-14-5(2-20)30-16(29)11(26)9(14)24/h6-20,24-26,28-32H,2-4,21-22H2,1H3,(H,23,27);4-29H,1-3H2/t;4-,5-,6-,7-,8+,9-,10-,11-,12-,13-,14?,15?,16+,17+,18+/m.1/s1. The molecule has 6 fully saturated rings. The van der Waals surface area contributed by atoms with E-state index >= 15 is 0 Å². The Morgan fingerprint density at radius 2 is 0.732 bits per heavy atom. The predicted octanol–water partition coefficient (Wildman–Crippen LogP) is -15.1. The fraction of sp³-hybridized carbons (Fsp3) is 0.974. The van der Waals surface area contributed by atoms with E-state index in [1.807, 2.05) is 0 Å². The maximum atomic E-state index is 11.9. The average Bonchev–Trinajstić information content (AvgIpc) is 3.35. The highest BCUT2D eigenvalue weighted by Crippen LogP contribution is 2.34. The predicted molar refractivity (Wildman–Crippen MR) is 218 cm³/mol. The van der Waals surface area contributed by atoms with Gasteiger partial charge in [0.05, 0.1) is 51.7 Å². The van der Waals surface area contributed by atoms with Crippen LogP contribution in [0.5, 0.6) is 0 Å². The normalized spacial score (nSPS) is 50.7. The van der Waals surface area contributed by atoms with Crippen LogP contribution in [0.2, 0.25) is 0 Å². The quantitative estimate of drug-likeness (QED) is 0.0724. The number of amides is 1. The molecule has 0 aromatic carbocycles. The largest absolute Gasteiger partial charge is 0.394 e. The SMILES string of the molecule is CC(=O)NC1C(OC2C(CO)OC(O)C(N)C2O)OC(CO)C(OC2OC(CO)C(O)C(O)C2N)C1O.OC[C@H]1O[C@@H](OC2[C@@H](CO)O[C@H](O)[C@H](O)[C@H]2O)[C@H](O)[C@@H](O)C1O[C@@H]1O[C@H](CO)[C@@H](O)[C@H](O)[C@H]1O. The van der Waals surface area contributed by atoms with Gasteiger partial charge in [0.15, 0.2) is 37.7 Å². The first kappa shape index (κ1) is 60.1. The van der Waals surface area contributed by atoms with E-state index in [9.17, 15) is 102 Å². The fourth-order valence-corrected chi connectivity index (χ4v) is 8.60. The van der Waals surface area contributed by atoms with Crippen LogP contribution in [0.25, 0.3) is 0 Å². The Hall–Kier alpha value is -1.77. The van der Waals surface area contributed by atoms with Crippen LogP contribution < -0.4 is 16.8 Å². The van der Waals surface area contributed by atoms with Gasteiger partial charge in [0, 0.05) is 6.92 Å². The molecule has 33 nitrogen and oxygen atoms in total. The second kappa shape index (κ2) is 26.3. The molecule has 0 spiro atoms. The van der Waals surface area contributed by atoms with Gasteiger partial charge in [-0.3, -0.25) is 4.79 Å². The van der Waals surface area contributed by atoms with Crippen molar-refractivity contribution < 1.29 is 149 Å². The highest BCUT2D eigenvalue weighted by Gasteiger charge is 2.56. The number of aliphatic hydroxyl groups excluding tert-OH is 19. The number of carbonyl (C=O) groups excluding carboxylic acids is 1. The first-order chi connectivity index (χ1) is 33.5. The molecule has 0 radical (unpaired) electrons. The summed E-state index contributed by atoms with van der Waals surface area (Å²) in [5.41, 5.74) is 11.6. The molecule has 24 N–H and O–H groups in total. The topological polar surface area (TPSA) is 558 Å². The minimum Gasteiger partial charge on any atom is -0.394 e. The number of carbonyl (C=O) groups is 1. The third-order valence-electron chi connectivity index (χ3n) is 12.7. The molecule has 71 heavy (non-hydrogen) atoms. The van der Waals surface area contributed by atoms with E-state index in [4.69, 9.17) is 58.8 Å². The molecule has 0 aromatic heterocycles. The Kier molecular flexibility index (Phi) is 22.3. The molecule has 6 rings (SSSR count). The summed E-state index contributed by atoms with van der Waals surface area (Å²) in [7, 11) is 0. The molecule has 416 valence electrons. The summed E-state index contributed by atoms with van der Waals surface area (Å²) >= 11 is 0. The highest BCUT2D eigenvalue weighted by atomic mass is 16.8. The number of ether oxygens (including phenoxy) is 10. The first-order valence-electron chi connectivity index (χ1n) is 22.3. The molecule has 6 saturated heterocycles. The summed E-state index contributed by atoms with van der Waals surface area (Å²) in [6, 6.07) is -4.04. The summed E-state index contributed by atoms with van der Waals surface area (Å²) < 4.78 is 54.2. The lowest BCUT2D eigenvalue weighted by molar-refractivity contribution is -0.377. The van der Waals surface area contributed by atoms with Crippen molar-refractivity contribution in [3.63, 3.8) is 0 Å². The second-order valence-electron chi connectivity index (χ2n) is 17.6. The second-order valence-corrected chi connectivity index (χ2v) is 17.6. The maximum absolute atomic E-state index is 11.9. The Balaban J connectivity index is 0.000000265. The van der Waals surface area contributed by atoms with E-state index in [1.165, 1.54) is 0 Å². The van der Waals surface area contributed by atoms with Gasteiger partial charge in [0.1, 0.15) is 134 Å². The van der Waals surface area contributed by atoms with Crippen molar-refractivity contribution in [2.75, 3.05) is 39.6 Å². The van der Waals surface area contributed by atoms with E-state index in [-0.39, 0.29) is 0 Å². The molecule has 0 aliphatic carbocycles. The van der Waals surface area contributed by atoms with Crippen LogP contribution in [0.4, 0.5) is 0 Å².